The highest BCUT2D eigenvalue weighted by Gasteiger charge is 2.40. The van der Waals surface area contributed by atoms with Gasteiger partial charge < -0.3 is 14.9 Å². The normalized spacial score (nSPS) is 21.0. The third-order valence-electron chi connectivity index (χ3n) is 4.50. The minimum absolute atomic E-state index is 0.0152. The van der Waals surface area contributed by atoms with Gasteiger partial charge in [0.05, 0.1) is 18.2 Å². The maximum Gasteiger partial charge on any atom is 0.303 e. The van der Waals surface area contributed by atoms with Crippen LogP contribution in [-0.2, 0) is 21.4 Å². The monoisotopic (exact) mass is 336 g/mol. The summed E-state index contributed by atoms with van der Waals surface area (Å²) in [7, 11) is 5.19. The molecule has 0 radical (unpaired) electrons. The molecule has 0 bridgehead atoms. The van der Waals surface area contributed by atoms with Crippen LogP contribution in [0.3, 0.4) is 0 Å². The predicted octanol–water partition coefficient (Wildman–Crippen LogP) is 0.653. The summed E-state index contributed by atoms with van der Waals surface area (Å²) in [6.07, 6.45) is 4.79. The van der Waals surface area contributed by atoms with Crippen LogP contribution in [0.4, 0.5) is 0 Å². The van der Waals surface area contributed by atoms with Crippen LogP contribution in [0.2, 0.25) is 0 Å². The van der Waals surface area contributed by atoms with E-state index in [0.29, 0.717) is 25.8 Å². The van der Waals surface area contributed by atoms with Gasteiger partial charge in [-0.15, -0.1) is 0 Å². The van der Waals surface area contributed by atoms with Crippen molar-refractivity contribution in [3.63, 3.8) is 0 Å². The fourth-order valence-electron chi connectivity index (χ4n) is 3.21. The van der Waals surface area contributed by atoms with Crippen molar-refractivity contribution in [2.45, 2.75) is 31.7 Å². The van der Waals surface area contributed by atoms with E-state index in [1.165, 1.54) is 0 Å². The lowest BCUT2D eigenvalue weighted by Gasteiger charge is -2.39. The average molecular weight is 336 g/mol. The van der Waals surface area contributed by atoms with Crippen LogP contribution < -0.4 is 0 Å². The Morgan fingerprint density at radius 3 is 2.71 bits per heavy atom. The second-order valence-electron chi connectivity index (χ2n) is 6.30. The van der Waals surface area contributed by atoms with Gasteiger partial charge in [-0.1, -0.05) is 0 Å². The second-order valence-corrected chi connectivity index (χ2v) is 6.30. The number of hydrogen-bond acceptors (Lipinski definition) is 4. The molecule has 1 aliphatic heterocycles. The van der Waals surface area contributed by atoms with Crippen LogP contribution in [0.25, 0.3) is 0 Å². The Kier molecular flexibility index (Phi) is 5.58. The van der Waals surface area contributed by atoms with Crippen molar-refractivity contribution in [1.82, 2.24) is 19.6 Å². The quantitative estimate of drug-likeness (QED) is 0.823. The number of amides is 2. The van der Waals surface area contributed by atoms with Crippen molar-refractivity contribution in [2.75, 3.05) is 20.6 Å². The first-order chi connectivity index (χ1) is 11.3. The molecule has 8 heteroatoms. The van der Waals surface area contributed by atoms with Crippen LogP contribution in [-0.4, -0.2) is 63.1 Å². The minimum Gasteiger partial charge on any atom is -0.481 e. The Balaban J connectivity index is 2.14. The molecule has 0 saturated carbocycles. The lowest BCUT2D eigenvalue weighted by molar-refractivity contribution is -0.146. The number of likely N-dealkylation sites (tertiary alicyclic amines) is 1. The van der Waals surface area contributed by atoms with Gasteiger partial charge in [-0.2, -0.15) is 5.10 Å². The molecule has 2 heterocycles. The van der Waals surface area contributed by atoms with Crippen LogP contribution in [0.5, 0.6) is 0 Å². The summed E-state index contributed by atoms with van der Waals surface area (Å²) in [5, 5.41) is 12.9. The molecule has 1 aromatic heterocycles. The molecule has 8 nitrogen and oxygen atoms in total. The first-order valence-electron chi connectivity index (χ1n) is 8.02. The topological polar surface area (TPSA) is 95.7 Å². The number of aliphatic carboxylic acids is 1. The number of carbonyl (C=O) groups is 3. The van der Waals surface area contributed by atoms with Gasteiger partial charge in [0.25, 0.3) is 0 Å². The highest BCUT2D eigenvalue weighted by atomic mass is 16.4. The van der Waals surface area contributed by atoms with E-state index in [2.05, 4.69) is 5.10 Å². The first kappa shape index (κ1) is 18.0. The van der Waals surface area contributed by atoms with Crippen LogP contribution in [0.15, 0.2) is 12.4 Å². The molecule has 132 valence electrons. The summed E-state index contributed by atoms with van der Waals surface area (Å²) in [4.78, 5) is 38.7. The van der Waals surface area contributed by atoms with Crippen molar-refractivity contribution in [3.8, 4) is 0 Å². The van der Waals surface area contributed by atoms with Gasteiger partial charge in [-0.3, -0.25) is 19.1 Å². The molecule has 0 unspecified atom stereocenters. The van der Waals surface area contributed by atoms with Gasteiger partial charge in [0.1, 0.15) is 0 Å². The van der Waals surface area contributed by atoms with Gasteiger partial charge in [0, 0.05) is 52.3 Å². The number of carboxylic acid groups (broad SMARTS) is 1. The van der Waals surface area contributed by atoms with E-state index >= 15 is 0 Å². The number of aromatic nitrogens is 2. The van der Waals surface area contributed by atoms with Crippen molar-refractivity contribution in [3.05, 3.63) is 18.0 Å². The Labute approximate surface area is 141 Å². The van der Waals surface area contributed by atoms with Crippen LogP contribution >= 0.6 is 0 Å². The molecule has 1 aromatic rings. The summed E-state index contributed by atoms with van der Waals surface area (Å²) in [5.41, 5.74) is 0.838. The molecular formula is C16H24N4O4. The molecule has 2 amide bonds. The van der Waals surface area contributed by atoms with Crippen molar-refractivity contribution < 1.29 is 19.5 Å². The predicted molar refractivity (Wildman–Crippen MR) is 85.9 cm³/mol. The molecule has 0 aromatic carbocycles. The van der Waals surface area contributed by atoms with Gasteiger partial charge in [-0.25, -0.2) is 0 Å². The van der Waals surface area contributed by atoms with Gasteiger partial charge in [0.15, 0.2) is 0 Å². The fraction of sp³-hybridized carbons (Fsp3) is 0.625. The summed E-state index contributed by atoms with van der Waals surface area (Å²) < 4.78 is 1.65. The molecule has 1 aliphatic rings. The highest BCUT2D eigenvalue weighted by molar-refractivity contribution is 5.84. The number of hydrogen-bond donors (Lipinski definition) is 1. The van der Waals surface area contributed by atoms with E-state index in [1.54, 1.807) is 41.8 Å². The lowest BCUT2D eigenvalue weighted by Crippen LogP contribution is -2.46. The number of piperidine rings is 1. The van der Waals surface area contributed by atoms with E-state index in [0.717, 1.165) is 5.56 Å². The third kappa shape index (κ3) is 3.93. The zero-order valence-electron chi connectivity index (χ0n) is 14.3. The zero-order chi connectivity index (χ0) is 17.9. The molecule has 1 fully saturated rings. The average Bonchev–Trinajstić information content (AvgIpc) is 2.94. The zero-order valence-corrected chi connectivity index (χ0v) is 14.3. The standard InChI is InChI=1S/C16H24N4O4/c1-18(8-4-5-14(22)23)16(24)12-6-7-13(21)20(3)15(12)11-9-17-19(2)10-11/h9-10,12,15H,4-8H2,1-3H3,(H,22,23)/t12-,15+/m1/s1. The van der Waals surface area contributed by atoms with Crippen LogP contribution in [0, 0.1) is 5.92 Å². The maximum atomic E-state index is 12.8. The highest BCUT2D eigenvalue weighted by Crippen LogP contribution is 2.36. The van der Waals surface area contributed by atoms with Crippen molar-refractivity contribution in [2.24, 2.45) is 13.0 Å². The SMILES string of the molecule is CN(CCCC(=O)O)C(=O)[C@@H]1CCC(=O)N(C)[C@H]1c1cnn(C)c1. The van der Waals surface area contributed by atoms with E-state index in [-0.39, 0.29) is 30.2 Å². The summed E-state index contributed by atoms with van der Waals surface area (Å²) in [6, 6.07) is -0.339. The smallest absolute Gasteiger partial charge is 0.303 e. The molecule has 2 rings (SSSR count). The summed E-state index contributed by atoms with van der Waals surface area (Å²) >= 11 is 0. The number of aryl methyl sites for hydroxylation is 1. The third-order valence-corrected chi connectivity index (χ3v) is 4.50. The largest absolute Gasteiger partial charge is 0.481 e. The molecular weight excluding hydrogens is 312 g/mol. The minimum atomic E-state index is -0.868. The van der Waals surface area contributed by atoms with Gasteiger partial charge in [-0.05, 0) is 12.8 Å². The molecule has 0 aliphatic carbocycles. The molecule has 1 saturated heterocycles. The molecule has 0 spiro atoms. The molecule has 24 heavy (non-hydrogen) atoms. The number of rotatable bonds is 6. The number of carboxylic acids is 1. The van der Waals surface area contributed by atoms with Gasteiger partial charge in [0.2, 0.25) is 11.8 Å². The molecule has 1 N–H and O–H groups in total. The number of carbonyl (C=O) groups excluding carboxylic acids is 2. The summed E-state index contributed by atoms with van der Waals surface area (Å²) in [6.45, 7) is 0.388. The molecule has 2 atom stereocenters. The van der Waals surface area contributed by atoms with Crippen molar-refractivity contribution in [1.29, 1.82) is 0 Å². The van der Waals surface area contributed by atoms with Crippen molar-refractivity contribution >= 4 is 17.8 Å². The first-order valence-corrected chi connectivity index (χ1v) is 8.02. The Morgan fingerprint density at radius 1 is 1.42 bits per heavy atom. The Bertz CT molecular complexity index is 627. The lowest BCUT2D eigenvalue weighted by atomic mass is 9.84. The van der Waals surface area contributed by atoms with E-state index in [1.807, 2.05) is 6.20 Å². The number of nitrogens with zero attached hydrogens (tertiary/aromatic N) is 4. The Hall–Kier alpha value is -2.38. The maximum absolute atomic E-state index is 12.8. The van der Waals surface area contributed by atoms with E-state index in [9.17, 15) is 14.4 Å². The van der Waals surface area contributed by atoms with Gasteiger partial charge >= 0.3 is 5.97 Å². The Morgan fingerprint density at radius 2 is 2.12 bits per heavy atom. The fourth-order valence-corrected chi connectivity index (χ4v) is 3.21. The van der Waals surface area contributed by atoms with E-state index in [4.69, 9.17) is 5.11 Å². The summed E-state index contributed by atoms with van der Waals surface area (Å²) in [5.74, 6) is -1.26. The van der Waals surface area contributed by atoms with E-state index < -0.39 is 5.97 Å². The second kappa shape index (κ2) is 7.46. The van der Waals surface area contributed by atoms with Crippen LogP contribution in [0.1, 0.15) is 37.3 Å².